The average Bonchev–Trinajstić information content (AvgIpc) is 2.34. The minimum absolute atomic E-state index is 0.0148. The second kappa shape index (κ2) is 7.98. The highest BCUT2D eigenvalue weighted by atomic mass is 32.2. The Balaban J connectivity index is 4.26. The molecule has 0 saturated carbocycles. The number of hydrogen-bond donors (Lipinski definition) is 3. The first-order valence-corrected chi connectivity index (χ1v) is 8.03. The Morgan fingerprint density at radius 3 is 2.26 bits per heavy atom. The molecule has 2 atom stereocenters. The van der Waals surface area contributed by atoms with Gasteiger partial charge in [-0.3, -0.25) is 0 Å². The van der Waals surface area contributed by atoms with Gasteiger partial charge in [0.1, 0.15) is 6.04 Å². The molecule has 2 amide bonds. The van der Waals surface area contributed by atoms with Gasteiger partial charge in [-0.05, 0) is 5.92 Å². The number of carboxylic acid groups (broad SMARTS) is 1. The molecule has 0 spiro atoms. The van der Waals surface area contributed by atoms with E-state index in [2.05, 4.69) is 10.6 Å². The molecule has 0 saturated heterocycles. The zero-order valence-corrected chi connectivity index (χ0v) is 12.3. The standard InChI is InChI=1S/C11H22N2O5S/c1-4-8(3)9(10(14)15)13-11(16)12-6-7-19(17,18)5-2/h8-9H,4-7H2,1-3H3,(H,14,15)(H2,12,13,16)/t8-,9-/m0/s1. The highest BCUT2D eigenvalue weighted by molar-refractivity contribution is 7.91. The lowest BCUT2D eigenvalue weighted by Crippen LogP contribution is -2.49. The Kier molecular flexibility index (Phi) is 7.43. The second-order valence-corrected chi connectivity index (χ2v) is 6.81. The minimum Gasteiger partial charge on any atom is -0.480 e. The van der Waals surface area contributed by atoms with E-state index in [1.54, 1.807) is 6.92 Å². The van der Waals surface area contributed by atoms with E-state index in [1.165, 1.54) is 6.92 Å². The smallest absolute Gasteiger partial charge is 0.326 e. The van der Waals surface area contributed by atoms with Crippen LogP contribution < -0.4 is 10.6 Å². The van der Waals surface area contributed by atoms with Crippen LogP contribution in [0.5, 0.6) is 0 Å². The number of hydrogen-bond acceptors (Lipinski definition) is 4. The first-order valence-electron chi connectivity index (χ1n) is 6.21. The molecule has 0 bridgehead atoms. The predicted molar refractivity (Wildman–Crippen MR) is 71.7 cm³/mol. The van der Waals surface area contributed by atoms with Crippen LogP contribution in [0.4, 0.5) is 4.79 Å². The van der Waals surface area contributed by atoms with Crippen molar-refractivity contribution in [1.29, 1.82) is 0 Å². The molecule has 19 heavy (non-hydrogen) atoms. The van der Waals surface area contributed by atoms with E-state index in [0.717, 1.165) is 0 Å². The van der Waals surface area contributed by atoms with Crippen molar-refractivity contribution in [3.8, 4) is 0 Å². The van der Waals surface area contributed by atoms with Crippen molar-refractivity contribution in [3.05, 3.63) is 0 Å². The van der Waals surface area contributed by atoms with Gasteiger partial charge in [-0.2, -0.15) is 0 Å². The summed E-state index contributed by atoms with van der Waals surface area (Å²) in [5.41, 5.74) is 0. The lowest BCUT2D eigenvalue weighted by Gasteiger charge is -2.20. The second-order valence-electron chi connectivity index (χ2n) is 4.34. The van der Waals surface area contributed by atoms with Gasteiger partial charge in [-0.15, -0.1) is 0 Å². The summed E-state index contributed by atoms with van der Waals surface area (Å²) in [7, 11) is -3.14. The maximum absolute atomic E-state index is 11.5. The van der Waals surface area contributed by atoms with Gasteiger partial charge in [0.05, 0.1) is 5.75 Å². The van der Waals surface area contributed by atoms with Crippen molar-refractivity contribution >= 4 is 21.8 Å². The molecule has 0 fully saturated rings. The molecule has 7 nitrogen and oxygen atoms in total. The fourth-order valence-electron chi connectivity index (χ4n) is 1.34. The van der Waals surface area contributed by atoms with Crippen LogP contribution in [0.25, 0.3) is 0 Å². The molecular weight excluding hydrogens is 272 g/mol. The van der Waals surface area contributed by atoms with Crippen LogP contribution in [-0.2, 0) is 14.6 Å². The molecule has 0 aromatic rings. The normalized spacial score (nSPS) is 14.5. The van der Waals surface area contributed by atoms with Gasteiger partial charge >= 0.3 is 12.0 Å². The first kappa shape index (κ1) is 17.7. The van der Waals surface area contributed by atoms with E-state index >= 15 is 0 Å². The quantitative estimate of drug-likeness (QED) is 0.593. The van der Waals surface area contributed by atoms with E-state index in [1.807, 2.05) is 6.92 Å². The lowest BCUT2D eigenvalue weighted by atomic mass is 9.99. The van der Waals surface area contributed by atoms with E-state index in [-0.39, 0.29) is 24.0 Å². The fraction of sp³-hybridized carbons (Fsp3) is 0.818. The number of nitrogens with one attached hydrogen (secondary N) is 2. The third-order valence-electron chi connectivity index (χ3n) is 2.90. The lowest BCUT2D eigenvalue weighted by molar-refractivity contribution is -0.140. The number of aliphatic carboxylic acids is 1. The highest BCUT2D eigenvalue weighted by Gasteiger charge is 2.25. The molecule has 3 N–H and O–H groups in total. The predicted octanol–water partition coefficient (Wildman–Crippen LogP) is 0.220. The van der Waals surface area contributed by atoms with Crippen molar-refractivity contribution in [2.45, 2.75) is 33.2 Å². The highest BCUT2D eigenvalue weighted by Crippen LogP contribution is 2.07. The Hall–Kier alpha value is -1.31. The van der Waals surface area contributed by atoms with Gasteiger partial charge in [-0.1, -0.05) is 27.2 Å². The van der Waals surface area contributed by atoms with E-state index in [4.69, 9.17) is 5.11 Å². The molecule has 0 aliphatic carbocycles. The van der Waals surface area contributed by atoms with E-state index in [0.29, 0.717) is 6.42 Å². The molecule has 0 aliphatic heterocycles. The number of amides is 2. The monoisotopic (exact) mass is 294 g/mol. The topological polar surface area (TPSA) is 113 Å². The van der Waals surface area contributed by atoms with Crippen molar-refractivity contribution in [3.63, 3.8) is 0 Å². The minimum atomic E-state index is -3.14. The van der Waals surface area contributed by atoms with Crippen LogP contribution in [0.15, 0.2) is 0 Å². The van der Waals surface area contributed by atoms with Crippen molar-refractivity contribution in [1.82, 2.24) is 10.6 Å². The van der Waals surface area contributed by atoms with Crippen LogP contribution in [0.3, 0.4) is 0 Å². The summed E-state index contributed by atoms with van der Waals surface area (Å²) < 4.78 is 22.4. The van der Waals surface area contributed by atoms with Crippen molar-refractivity contribution in [2.24, 2.45) is 5.92 Å². The summed E-state index contributed by atoms with van der Waals surface area (Å²) in [4.78, 5) is 22.4. The van der Waals surface area contributed by atoms with Crippen molar-refractivity contribution < 1.29 is 23.1 Å². The van der Waals surface area contributed by atoms with Crippen molar-refractivity contribution in [2.75, 3.05) is 18.1 Å². The average molecular weight is 294 g/mol. The van der Waals surface area contributed by atoms with Crippen LogP contribution in [0, 0.1) is 5.92 Å². The molecule has 0 heterocycles. The summed E-state index contributed by atoms with van der Waals surface area (Å²) >= 11 is 0. The van der Waals surface area contributed by atoms with Gasteiger partial charge in [0.15, 0.2) is 9.84 Å². The third kappa shape index (κ3) is 7.00. The maximum atomic E-state index is 11.5. The molecular formula is C11H22N2O5S. The van der Waals surface area contributed by atoms with Crippen LogP contribution in [0.2, 0.25) is 0 Å². The number of carboxylic acids is 1. The molecule has 0 rings (SSSR count). The summed E-state index contributed by atoms with van der Waals surface area (Å²) in [6.07, 6.45) is 0.613. The van der Waals surface area contributed by atoms with Crippen LogP contribution in [0.1, 0.15) is 27.2 Å². The Morgan fingerprint density at radius 1 is 1.26 bits per heavy atom. The molecule has 8 heteroatoms. The molecule has 0 aromatic carbocycles. The molecule has 0 radical (unpaired) electrons. The van der Waals surface area contributed by atoms with E-state index < -0.39 is 27.9 Å². The van der Waals surface area contributed by atoms with Gasteiger partial charge in [0, 0.05) is 12.3 Å². The zero-order chi connectivity index (χ0) is 15.1. The molecule has 0 aliphatic rings. The summed E-state index contributed by atoms with van der Waals surface area (Å²) in [6, 6.07) is -1.65. The Bertz CT molecular complexity index is 407. The maximum Gasteiger partial charge on any atom is 0.326 e. The number of urea groups is 1. The number of carbonyl (C=O) groups is 2. The van der Waals surface area contributed by atoms with Gasteiger partial charge in [0.25, 0.3) is 0 Å². The number of carbonyl (C=O) groups excluding carboxylic acids is 1. The summed E-state index contributed by atoms with van der Waals surface area (Å²) in [5, 5.41) is 13.6. The summed E-state index contributed by atoms with van der Waals surface area (Å²) in [6.45, 7) is 5.04. The number of sulfone groups is 1. The van der Waals surface area contributed by atoms with Crippen LogP contribution in [-0.4, -0.2) is 49.6 Å². The molecule has 112 valence electrons. The molecule has 0 aromatic heterocycles. The van der Waals surface area contributed by atoms with E-state index in [9.17, 15) is 18.0 Å². The molecule has 0 unspecified atom stereocenters. The first-order chi connectivity index (χ1) is 8.73. The zero-order valence-electron chi connectivity index (χ0n) is 11.5. The largest absolute Gasteiger partial charge is 0.480 e. The summed E-state index contributed by atoms with van der Waals surface area (Å²) in [5.74, 6) is -1.45. The third-order valence-corrected chi connectivity index (χ3v) is 4.61. The van der Waals surface area contributed by atoms with Gasteiger partial charge in [0.2, 0.25) is 0 Å². The van der Waals surface area contributed by atoms with Crippen LogP contribution >= 0.6 is 0 Å². The van der Waals surface area contributed by atoms with Gasteiger partial charge in [-0.25, -0.2) is 18.0 Å². The fourth-order valence-corrected chi connectivity index (χ4v) is 2.04. The van der Waals surface area contributed by atoms with Gasteiger partial charge < -0.3 is 15.7 Å². The number of rotatable bonds is 8. The Labute approximate surface area is 113 Å². The SMILES string of the molecule is CC[C@H](C)[C@H](NC(=O)NCCS(=O)(=O)CC)C(=O)O. The Morgan fingerprint density at radius 2 is 1.84 bits per heavy atom.